The zero-order chi connectivity index (χ0) is 24.7. The first-order chi connectivity index (χ1) is 17.5. The second-order valence-corrected chi connectivity index (χ2v) is 11.0. The summed E-state index contributed by atoms with van der Waals surface area (Å²) in [5, 5.41) is 6.40. The van der Waals surface area contributed by atoms with Gasteiger partial charge in [0.25, 0.3) is 5.78 Å². The number of nitrogens with zero attached hydrogens (tertiary/aromatic N) is 6. The molecule has 1 saturated heterocycles. The van der Waals surface area contributed by atoms with Crippen molar-refractivity contribution >= 4 is 32.4 Å². The van der Waals surface area contributed by atoms with Gasteiger partial charge in [-0.3, -0.25) is 0 Å². The van der Waals surface area contributed by atoms with E-state index in [1.165, 1.54) is 11.9 Å². The number of rotatable bonds is 5. The average molecular weight is 499 g/mol. The smallest absolute Gasteiger partial charge is 0.254 e. The maximum absolute atomic E-state index is 13.5. The van der Waals surface area contributed by atoms with E-state index in [0.717, 1.165) is 27.8 Å². The number of benzene rings is 3. The van der Waals surface area contributed by atoms with E-state index in [4.69, 9.17) is 0 Å². The minimum Gasteiger partial charge on any atom is -0.354 e. The standard InChI is InChI=1S/C27H26N6O2S/c1-20-25(17-21-7-3-2-4-8-21)26(33-27(30-20)28-19-29-33)31-13-15-32(16-14-31)36(34,35)24-12-11-22-9-5-6-10-23(22)18-24/h2-12,18-19H,13-17H2,1H3. The predicted molar refractivity (Wildman–Crippen MR) is 140 cm³/mol. The molecule has 0 saturated carbocycles. The Morgan fingerprint density at radius 3 is 2.36 bits per heavy atom. The van der Waals surface area contributed by atoms with E-state index in [-0.39, 0.29) is 0 Å². The third-order valence-corrected chi connectivity index (χ3v) is 8.72. The Bertz CT molecular complexity index is 1660. The normalized spacial score (nSPS) is 15.1. The number of piperazine rings is 1. The highest BCUT2D eigenvalue weighted by Crippen LogP contribution is 2.29. The lowest BCUT2D eigenvalue weighted by Crippen LogP contribution is -2.49. The molecule has 0 radical (unpaired) electrons. The fourth-order valence-corrected chi connectivity index (χ4v) is 6.38. The highest BCUT2D eigenvalue weighted by molar-refractivity contribution is 7.89. The molecular formula is C27H26N6O2S. The van der Waals surface area contributed by atoms with Crippen molar-refractivity contribution < 1.29 is 8.42 Å². The number of hydrogen-bond donors (Lipinski definition) is 0. The minimum absolute atomic E-state index is 0.331. The first kappa shape index (κ1) is 22.6. The molecule has 0 spiro atoms. The van der Waals surface area contributed by atoms with Gasteiger partial charge in [0, 0.05) is 43.9 Å². The molecule has 3 heterocycles. The Hall–Kier alpha value is -3.82. The third kappa shape index (κ3) is 4.00. The van der Waals surface area contributed by atoms with Crippen LogP contribution in [0.1, 0.15) is 16.8 Å². The lowest BCUT2D eigenvalue weighted by molar-refractivity contribution is 0.382. The van der Waals surface area contributed by atoms with Crippen molar-refractivity contribution in [2.45, 2.75) is 18.2 Å². The van der Waals surface area contributed by atoms with Crippen molar-refractivity contribution in [2.24, 2.45) is 0 Å². The Kier molecular flexibility index (Phi) is 5.66. The van der Waals surface area contributed by atoms with E-state index in [2.05, 4.69) is 32.1 Å². The molecule has 182 valence electrons. The quantitative estimate of drug-likeness (QED) is 0.368. The molecule has 2 aromatic heterocycles. The molecule has 0 N–H and O–H groups in total. The van der Waals surface area contributed by atoms with Crippen LogP contribution in [0.3, 0.4) is 0 Å². The molecule has 0 bridgehead atoms. The van der Waals surface area contributed by atoms with Crippen LogP contribution in [0.5, 0.6) is 0 Å². The molecular weight excluding hydrogens is 472 g/mol. The topological polar surface area (TPSA) is 83.7 Å². The highest BCUT2D eigenvalue weighted by atomic mass is 32.2. The maximum atomic E-state index is 13.5. The largest absolute Gasteiger partial charge is 0.354 e. The Balaban J connectivity index is 1.30. The van der Waals surface area contributed by atoms with Gasteiger partial charge in [0.1, 0.15) is 12.1 Å². The van der Waals surface area contributed by atoms with Crippen LogP contribution in [0.2, 0.25) is 0 Å². The molecule has 3 aromatic carbocycles. The summed E-state index contributed by atoms with van der Waals surface area (Å²) < 4.78 is 30.3. The van der Waals surface area contributed by atoms with Crippen molar-refractivity contribution in [3.8, 4) is 0 Å². The average Bonchev–Trinajstić information content (AvgIpc) is 3.37. The summed E-state index contributed by atoms with van der Waals surface area (Å²) in [6.07, 6.45) is 2.22. The SMILES string of the molecule is Cc1nc2ncnn2c(N2CCN(S(=O)(=O)c3ccc4ccccc4c3)CC2)c1Cc1ccccc1. The lowest BCUT2D eigenvalue weighted by Gasteiger charge is -2.36. The molecule has 36 heavy (non-hydrogen) atoms. The number of aryl methyl sites for hydroxylation is 1. The summed E-state index contributed by atoms with van der Waals surface area (Å²) in [5.74, 6) is 1.48. The van der Waals surface area contributed by atoms with Crippen molar-refractivity contribution in [2.75, 3.05) is 31.1 Å². The summed E-state index contributed by atoms with van der Waals surface area (Å²) >= 11 is 0. The van der Waals surface area contributed by atoms with Gasteiger partial charge in [-0.1, -0.05) is 60.7 Å². The number of anilines is 1. The van der Waals surface area contributed by atoms with Crippen molar-refractivity contribution in [3.63, 3.8) is 0 Å². The van der Waals surface area contributed by atoms with Gasteiger partial charge >= 0.3 is 0 Å². The van der Waals surface area contributed by atoms with Gasteiger partial charge in [0.05, 0.1) is 4.90 Å². The molecule has 8 nitrogen and oxygen atoms in total. The highest BCUT2D eigenvalue weighted by Gasteiger charge is 2.31. The van der Waals surface area contributed by atoms with Crippen LogP contribution in [-0.4, -0.2) is 58.5 Å². The van der Waals surface area contributed by atoms with Gasteiger partial charge in [-0.15, -0.1) is 0 Å². The molecule has 6 rings (SSSR count). The molecule has 1 fully saturated rings. The second-order valence-electron chi connectivity index (χ2n) is 9.03. The van der Waals surface area contributed by atoms with Gasteiger partial charge < -0.3 is 4.90 Å². The van der Waals surface area contributed by atoms with Gasteiger partial charge in [-0.25, -0.2) is 13.4 Å². The third-order valence-electron chi connectivity index (χ3n) is 6.83. The van der Waals surface area contributed by atoms with E-state index < -0.39 is 10.0 Å². The lowest BCUT2D eigenvalue weighted by atomic mass is 10.0. The van der Waals surface area contributed by atoms with Crippen molar-refractivity contribution in [1.29, 1.82) is 0 Å². The molecule has 0 unspecified atom stereocenters. The second kappa shape index (κ2) is 9.00. The zero-order valence-electron chi connectivity index (χ0n) is 19.9. The molecule has 1 aliphatic rings. The van der Waals surface area contributed by atoms with Crippen molar-refractivity contribution in [3.05, 3.63) is 95.9 Å². The van der Waals surface area contributed by atoms with Crippen LogP contribution in [0, 0.1) is 6.92 Å². The van der Waals surface area contributed by atoms with Crippen molar-refractivity contribution in [1.82, 2.24) is 23.9 Å². The summed E-state index contributed by atoms with van der Waals surface area (Å²) in [6.45, 7) is 3.87. The first-order valence-corrected chi connectivity index (χ1v) is 13.4. The van der Waals surface area contributed by atoms with Gasteiger partial charge in [-0.05, 0) is 35.4 Å². The van der Waals surface area contributed by atoms with Crippen LogP contribution in [0.15, 0.2) is 84.0 Å². The summed E-state index contributed by atoms with van der Waals surface area (Å²) in [6, 6.07) is 23.4. The van der Waals surface area contributed by atoms with Gasteiger partial charge in [0.15, 0.2) is 0 Å². The van der Waals surface area contributed by atoms with Crippen LogP contribution >= 0.6 is 0 Å². The predicted octanol–water partition coefficient (Wildman–Crippen LogP) is 3.69. The van der Waals surface area contributed by atoms with Crippen LogP contribution in [0.25, 0.3) is 16.6 Å². The number of sulfonamides is 1. The first-order valence-electron chi connectivity index (χ1n) is 12.0. The van der Waals surface area contributed by atoms with E-state index in [1.807, 2.05) is 55.5 Å². The fraction of sp³-hybridized carbons (Fsp3) is 0.222. The summed E-state index contributed by atoms with van der Waals surface area (Å²) in [4.78, 5) is 11.5. The molecule has 1 aliphatic heterocycles. The molecule has 5 aromatic rings. The maximum Gasteiger partial charge on any atom is 0.254 e. The van der Waals surface area contributed by atoms with Gasteiger partial charge in [-0.2, -0.15) is 18.9 Å². The summed E-state index contributed by atoms with van der Waals surface area (Å²) in [5.41, 5.74) is 3.16. The fourth-order valence-electron chi connectivity index (χ4n) is 4.92. The number of hydrogen-bond acceptors (Lipinski definition) is 6. The Morgan fingerprint density at radius 1 is 0.861 bits per heavy atom. The van der Waals surface area contributed by atoms with Crippen LogP contribution in [0.4, 0.5) is 5.82 Å². The van der Waals surface area contributed by atoms with Crippen LogP contribution < -0.4 is 4.90 Å². The monoisotopic (exact) mass is 498 g/mol. The summed E-state index contributed by atoms with van der Waals surface area (Å²) in [7, 11) is -3.60. The van der Waals surface area contributed by atoms with E-state index in [0.29, 0.717) is 43.3 Å². The Labute approximate surface area is 209 Å². The molecule has 0 atom stereocenters. The number of aromatic nitrogens is 4. The van der Waals surface area contributed by atoms with E-state index >= 15 is 0 Å². The number of fused-ring (bicyclic) bond motifs is 2. The molecule has 0 aliphatic carbocycles. The van der Waals surface area contributed by atoms with Crippen LogP contribution in [-0.2, 0) is 16.4 Å². The van der Waals surface area contributed by atoms with Gasteiger partial charge in [0.2, 0.25) is 10.0 Å². The minimum atomic E-state index is -3.60. The van der Waals surface area contributed by atoms with E-state index in [9.17, 15) is 8.42 Å². The zero-order valence-corrected chi connectivity index (χ0v) is 20.8. The van der Waals surface area contributed by atoms with E-state index in [1.54, 1.807) is 21.0 Å². The Morgan fingerprint density at radius 2 is 1.58 bits per heavy atom. The molecule has 9 heteroatoms. The molecule has 0 amide bonds.